The van der Waals surface area contributed by atoms with E-state index in [0.29, 0.717) is 41.9 Å². The number of nitrogens with one attached hydrogen (secondary N) is 2. The predicted octanol–water partition coefficient (Wildman–Crippen LogP) is 5.35. The highest BCUT2D eigenvalue weighted by atomic mass is 32.1. The van der Waals surface area contributed by atoms with E-state index in [9.17, 15) is 4.79 Å². The molecule has 0 spiro atoms. The van der Waals surface area contributed by atoms with Gasteiger partial charge >= 0.3 is 0 Å². The van der Waals surface area contributed by atoms with Gasteiger partial charge < -0.3 is 10.6 Å². The number of benzene rings is 2. The lowest BCUT2D eigenvalue weighted by Gasteiger charge is -2.10. The molecular formula is C25H21N7OS. The molecule has 0 aliphatic heterocycles. The molecule has 0 aliphatic carbocycles. The first-order valence-electron chi connectivity index (χ1n) is 10.8. The van der Waals surface area contributed by atoms with Crippen LogP contribution in [0.3, 0.4) is 0 Å². The molecule has 3 aromatic heterocycles. The molecule has 168 valence electrons. The van der Waals surface area contributed by atoms with Gasteiger partial charge in [-0.15, -0.1) is 11.3 Å². The van der Waals surface area contributed by atoms with Gasteiger partial charge in [-0.3, -0.25) is 4.79 Å². The van der Waals surface area contributed by atoms with E-state index in [1.807, 2.05) is 61.0 Å². The van der Waals surface area contributed by atoms with Gasteiger partial charge in [-0.05, 0) is 35.9 Å². The molecule has 2 N–H and O–H groups in total. The fraction of sp³-hybridized carbons (Fsp3) is 0.120. The van der Waals surface area contributed by atoms with Gasteiger partial charge in [-0.25, -0.2) is 9.97 Å². The summed E-state index contributed by atoms with van der Waals surface area (Å²) in [5.41, 5.74) is 5.18. The van der Waals surface area contributed by atoms with Gasteiger partial charge in [-0.1, -0.05) is 37.3 Å². The number of hydrogen-bond acceptors (Lipinski definition) is 9. The number of aromatic nitrogens is 5. The van der Waals surface area contributed by atoms with Crippen LogP contribution in [0.4, 0.5) is 23.4 Å². The van der Waals surface area contributed by atoms with Crippen LogP contribution in [-0.2, 0) is 12.8 Å². The number of Topliss-reactive ketones (excluding diaryl/α,β-unsaturated/α-hetero) is 1. The minimum atomic E-state index is 0.0161. The summed E-state index contributed by atoms with van der Waals surface area (Å²) in [5, 5.41) is 6.36. The van der Waals surface area contributed by atoms with Crippen LogP contribution in [0.15, 0.2) is 72.4 Å². The van der Waals surface area contributed by atoms with Crippen LogP contribution >= 0.6 is 11.3 Å². The van der Waals surface area contributed by atoms with E-state index in [1.54, 1.807) is 29.7 Å². The summed E-state index contributed by atoms with van der Waals surface area (Å²) < 4.78 is 1.08. The second kappa shape index (κ2) is 9.72. The van der Waals surface area contributed by atoms with Crippen molar-refractivity contribution in [3.8, 4) is 0 Å². The normalized spacial score (nSPS) is 10.9. The Bertz CT molecular complexity index is 1450. The molecule has 2 aromatic carbocycles. The molecule has 5 aromatic rings. The summed E-state index contributed by atoms with van der Waals surface area (Å²) in [4.78, 5) is 34.8. The highest BCUT2D eigenvalue weighted by molar-refractivity contribution is 7.16. The molecule has 0 radical (unpaired) electrons. The summed E-state index contributed by atoms with van der Waals surface area (Å²) in [7, 11) is 0. The maximum atomic E-state index is 12.7. The average Bonchev–Trinajstić information content (AvgIpc) is 3.32. The van der Waals surface area contributed by atoms with Crippen LogP contribution in [0.5, 0.6) is 0 Å². The first-order valence-corrected chi connectivity index (χ1v) is 11.7. The quantitative estimate of drug-likeness (QED) is 0.294. The molecule has 0 bridgehead atoms. The molecule has 5 rings (SSSR count). The molecule has 0 unspecified atom stereocenters. The Kier molecular flexibility index (Phi) is 6.17. The second-order valence-electron chi connectivity index (χ2n) is 7.55. The van der Waals surface area contributed by atoms with Gasteiger partial charge in [0.05, 0.1) is 15.7 Å². The Labute approximate surface area is 200 Å². The van der Waals surface area contributed by atoms with Gasteiger partial charge in [0.25, 0.3) is 0 Å². The molecule has 0 amide bonds. The number of carbonyl (C=O) groups excluding carboxylic acids is 1. The summed E-state index contributed by atoms with van der Waals surface area (Å²) in [6.45, 7) is 1.98. The monoisotopic (exact) mass is 467 g/mol. The third-order valence-electron chi connectivity index (χ3n) is 5.11. The van der Waals surface area contributed by atoms with Crippen molar-refractivity contribution in [1.29, 1.82) is 0 Å². The zero-order chi connectivity index (χ0) is 23.3. The van der Waals surface area contributed by atoms with Crippen molar-refractivity contribution in [2.75, 3.05) is 10.6 Å². The third kappa shape index (κ3) is 5.05. The van der Waals surface area contributed by atoms with Gasteiger partial charge in [0, 0.05) is 30.3 Å². The molecule has 8 nitrogen and oxygen atoms in total. The zero-order valence-electron chi connectivity index (χ0n) is 18.4. The van der Waals surface area contributed by atoms with E-state index in [-0.39, 0.29) is 5.78 Å². The van der Waals surface area contributed by atoms with Crippen LogP contribution in [0, 0.1) is 0 Å². The van der Waals surface area contributed by atoms with Crippen molar-refractivity contribution in [2.24, 2.45) is 0 Å². The van der Waals surface area contributed by atoms with E-state index >= 15 is 0 Å². The van der Waals surface area contributed by atoms with E-state index in [1.165, 1.54) is 0 Å². The Morgan fingerprint density at radius 1 is 0.912 bits per heavy atom. The number of nitrogens with zero attached hydrogens (tertiary/aromatic N) is 5. The number of aryl methyl sites for hydroxylation is 1. The Morgan fingerprint density at radius 2 is 1.74 bits per heavy atom. The number of ketones is 1. The standard InChI is InChI=1S/C25H21N7OS/c1-2-22-29-24(28-18-8-9-19-21(14-18)34-15-27-19)32-25(30-22)31-23-13-17(10-11-26-23)20(33)12-16-6-4-3-5-7-16/h3-11,13-15H,2,12H2,1H3,(H2,26,28,29,30,31,32). The van der Waals surface area contributed by atoms with Crippen molar-refractivity contribution in [1.82, 2.24) is 24.9 Å². The smallest absolute Gasteiger partial charge is 0.233 e. The summed E-state index contributed by atoms with van der Waals surface area (Å²) >= 11 is 1.58. The topological polar surface area (TPSA) is 106 Å². The summed E-state index contributed by atoms with van der Waals surface area (Å²) in [5.74, 6) is 1.92. The Balaban J connectivity index is 1.35. The predicted molar refractivity (Wildman–Crippen MR) is 134 cm³/mol. The van der Waals surface area contributed by atoms with Crippen molar-refractivity contribution in [2.45, 2.75) is 19.8 Å². The fourth-order valence-corrected chi connectivity index (χ4v) is 4.14. The molecule has 0 aliphatic rings. The van der Waals surface area contributed by atoms with Gasteiger partial charge in [-0.2, -0.15) is 15.0 Å². The SMILES string of the molecule is CCc1nc(Nc2ccc3ncsc3c2)nc(Nc2cc(C(=O)Cc3ccccc3)ccn2)n1. The number of carbonyl (C=O) groups is 1. The molecule has 0 saturated carbocycles. The number of rotatable bonds is 8. The number of thiazole rings is 1. The largest absolute Gasteiger partial charge is 0.324 e. The van der Waals surface area contributed by atoms with Gasteiger partial charge in [0.1, 0.15) is 11.6 Å². The lowest BCUT2D eigenvalue weighted by atomic mass is 10.0. The van der Waals surface area contributed by atoms with Gasteiger partial charge in [0.15, 0.2) is 5.78 Å². The Morgan fingerprint density at radius 3 is 2.56 bits per heavy atom. The van der Waals surface area contributed by atoms with Crippen molar-refractivity contribution >= 4 is 50.7 Å². The molecule has 34 heavy (non-hydrogen) atoms. The van der Waals surface area contributed by atoms with E-state index in [0.717, 1.165) is 21.5 Å². The van der Waals surface area contributed by atoms with Crippen LogP contribution in [-0.4, -0.2) is 30.7 Å². The number of hydrogen-bond donors (Lipinski definition) is 2. The second-order valence-corrected chi connectivity index (χ2v) is 8.44. The zero-order valence-corrected chi connectivity index (χ0v) is 19.2. The first-order chi connectivity index (χ1) is 16.7. The van der Waals surface area contributed by atoms with E-state index < -0.39 is 0 Å². The maximum Gasteiger partial charge on any atom is 0.233 e. The lowest BCUT2D eigenvalue weighted by molar-refractivity contribution is 0.0993. The number of pyridine rings is 1. The summed E-state index contributed by atoms with van der Waals surface area (Å²) in [6.07, 6.45) is 2.57. The molecule has 0 fully saturated rings. The minimum absolute atomic E-state index is 0.0161. The highest BCUT2D eigenvalue weighted by Gasteiger charge is 2.11. The van der Waals surface area contributed by atoms with Crippen molar-refractivity contribution in [3.05, 3.63) is 89.3 Å². The number of anilines is 4. The highest BCUT2D eigenvalue weighted by Crippen LogP contribution is 2.24. The summed E-state index contributed by atoms with van der Waals surface area (Å²) in [6, 6.07) is 19.0. The minimum Gasteiger partial charge on any atom is -0.324 e. The molecule has 0 atom stereocenters. The molecule has 9 heteroatoms. The van der Waals surface area contributed by atoms with Crippen LogP contribution in [0.25, 0.3) is 10.2 Å². The first kappa shape index (κ1) is 21.6. The fourth-order valence-electron chi connectivity index (χ4n) is 3.42. The van der Waals surface area contributed by atoms with Crippen molar-refractivity contribution < 1.29 is 4.79 Å². The van der Waals surface area contributed by atoms with Crippen molar-refractivity contribution in [3.63, 3.8) is 0 Å². The molecule has 3 heterocycles. The Hall–Kier alpha value is -4.24. The van der Waals surface area contributed by atoms with E-state index in [2.05, 4.69) is 35.6 Å². The lowest BCUT2D eigenvalue weighted by Crippen LogP contribution is -2.08. The number of fused-ring (bicyclic) bond motifs is 1. The molecule has 0 saturated heterocycles. The van der Waals surface area contributed by atoms with E-state index in [4.69, 9.17) is 0 Å². The maximum absolute atomic E-state index is 12.7. The average molecular weight is 468 g/mol. The van der Waals surface area contributed by atoms with Crippen LogP contribution < -0.4 is 10.6 Å². The third-order valence-corrected chi connectivity index (χ3v) is 5.91. The van der Waals surface area contributed by atoms with Crippen LogP contribution in [0.2, 0.25) is 0 Å². The van der Waals surface area contributed by atoms with Crippen LogP contribution in [0.1, 0.15) is 28.7 Å². The van der Waals surface area contributed by atoms with Gasteiger partial charge in [0.2, 0.25) is 11.9 Å². The molecular weight excluding hydrogens is 446 g/mol.